The fraction of sp³-hybridized carbons (Fsp3) is 0.250. The van der Waals surface area contributed by atoms with Crippen molar-refractivity contribution in [3.8, 4) is 23.0 Å². The van der Waals surface area contributed by atoms with Gasteiger partial charge in [0.15, 0.2) is 17.3 Å². The van der Waals surface area contributed by atoms with E-state index in [2.05, 4.69) is 0 Å². The Morgan fingerprint density at radius 3 is 2.08 bits per heavy atom. The fourth-order valence-corrected chi connectivity index (χ4v) is 2.96. The van der Waals surface area contributed by atoms with E-state index in [9.17, 15) is 4.79 Å². The van der Waals surface area contributed by atoms with Gasteiger partial charge in [-0.15, -0.1) is 0 Å². The third-order valence-corrected chi connectivity index (χ3v) is 4.23. The average molecular weight is 356 g/mol. The van der Waals surface area contributed by atoms with Crippen molar-refractivity contribution in [1.29, 1.82) is 0 Å². The summed E-state index contributed by atoms with van der Waals surface area (Å²) in [6.07, 6.45) is 0. The number of ketones is 1. The van der Waals surface area contributed by atoms with Gasteiger partial charge >= 0.3 is 0 Å². The number of hydrogen-bond acceptors (Lipinski definition) is 6. The van der Waals surface area contributed by atoms with E-state index < -0.39 is 0 Å². The lowest BCUT2D eigenvalue weighted by molar-refractivity contribution is 0.103. The van der Waals surface area contributed by atoms with Crippen LogP contribution < -0.4 is 18.9 Å². The van der Waals surface area contributed by atoms with Crippen LogP contribution in [0.3, 0.4) is 0 Å². The predicted octanol–water partition coefficient (Wildman–Crippen LogP) is 4.01. The van der Waals surface area contributed by atoms with Crippen LogP contribution in [0.5, 0.6) is 23.0 Å². The molecular formula is C20H20O6. The van der Waals surface area contributed by atoms with Crippen molar-refractivity contribution in [3.63, 3.8) is 0 Å². The zero-order valence-corrected chi connectivity index (χ0v) is 15.3. The Balaban J connectivity index is 2.15. The Morgan fingerprint density at radius 2 is 1.54 bits per heavy atom. The molecule has 3 rings (SSSR count). The third kappa shape index (κ3) is 2.83. The number of furan rings is 1. The molecule has 0 N–H and O–H groups in total. The minimum atomic E-state index is -0.189. The first kappa shape index (κ1) is 17.7. The van der Waals surface area contributed by atoms with E-state index in [4.69, 9.17) is 23.4 Å². The summed E-state index contributed by atoms with van der Waals surface area (Å²) < 4.78 is 26.9. The number of hydrogen-bond donors (Lipinski definition) is 0. The van der Waals surface area contributed by atoms with E-state index in [0.717, 1.165) is 5.39 Å². The molecule has 0 saturated carbocycles. The second-order valence-electron chi connectivity index (χ2n) is 5.64. The van der Waals surface area contributed by atoms with Crippen LogP contribution in [-0.4, -0.2) is 34.2 Å². The summed E-state index contributed by atoms with van der Waals surface area (Å²) in [4.78, 5) is 13.2. The van der Waals surface area contributed by atoms with Gasteiger partial charge in [-0.1, -0.05) is 0 Å². The van der Waals surface area contributed by atoms with Crippen LogP contribution in [0.1, 0.15) is 21.7 Å². The second-order valence-corrected chi connectivity index (χ2v) is 5.64. The largest absolute Gasteiger partial charge is 0.497 e. The molecule has 0 bridgehead atoms. The van der Waals surface area contributed by atoms with E-state index in [0.29, 0.717) is 45.5 Å². The molecule has 3 aromatic rings. The van der Waals surface area contributed by atoms with Crippen molar-refractivity contribution in [1.82, 2.24) is 0 Å². The van der Waals surface area contributed by atoms with Crippen molar-refractivity contribution in [2.45, 2.75) is 6.92 Å². The molecule has 0 aliphatic rings. The van der Waals surface area contributed by atoms with Gasteiger partial charge < -0.3 is 23.4 Å². The Labute approximate surface area is 151 Å². The Kier molecular flexibility index (Phi) is 4.75. The van der Waals surface area contributed by atoms with Crippen LogP contribution in [0.25, 0.3) is 11.0 Å². The number of carbonyl (C=O) groups is 1. The maximum absolute atomic E-state index is 13.2. The quantitative estimate of drug-likeness (QED) is 0.622. The second kappa shape index (κ2) is 7.00. The molecule has 0 amide bonds. The molecule has 136 valence electrons. The number of carbonyl (C=O) groups excluding carboxylic acids is 1. The molecule has 0 radical (unpaired) electrons. The number of aryl methyl sites for hydroxylation is 1. The number of ether oxygens (including phenoxy) is 4. The van der Waals surface area contributed by atoms with Crippen molar-refractivity contribution < 1.29 is 28.2 Å². The van der Waals surface area contributed by atoms with Gasteiger partial charge in [0, 0.05) is 17.0 Å². The Hall–Kier alpha value is -3.15. The number of rotatable bonds is 6. The lowest BCUT2D eigenvalue weighted by atomic mass is 9.99. The number of methoxy groups -OCH3 is 4. The lowest BCUT2D eigenvalue weighted by Gasteiger charge is -2.13. The van der Waals surface area contributed by atoms with Crippen LogP contribution in [0.2, 0.25) is 0 Å². The standard InChI is InChI=1S/C20H20O6/c1-11-18(14-7-6-13(22-2)10-15(14)26-11)19(21)12-8-16(23-3)20(25-5)17(9-12)24-4/h6-10H,1-5H3. The van der Waals surface area contributed by atoms with Gasteiger partial charge in [-0.3, -0.25) is 4.79 Å². The molecule has 0 aliphatic carbocycles. The van der Waals surface area contributed by atoms with E-state index in [-0.39, 0.29) is 5.78 Å². The van der Waals surface area contributed by atoms with E-state index in [1.54, 1.807) is 38.3 Å². The monoisotopic (exact) mass is 356 g/mol. The van der Waals surface area contributed by atoms with Crippen molar-refractivity contribution in [2.75, 3.05) is 28.4 Å². The van der Waals surface area contributed by atoms with E-state index in [1.165, 1.54) is 21.3 Å². The van der Waals surface area contributed by atoms with Crippen molar-refractivity contribution in [3.05, 3.63) is 47.2 Å². The topological polar surface area (TPSA) is 67.1 Å². The molecule has 0 saturated heterocycles. The molecule has 6 nitrogen and oxygen atoms in total. The third-order valence-electron chi connectivity index (χ3n) is 4.23. The predicted molar refractivity (Wildman–Crippen MR) is 97.0 cm³/mol. The van der Waals surface area contributed by atoms with Crippen LogP contribution in [-0.2, 0) is 0 Å². The van der Waals surface area contributed by atoms with Crippen LogP contribution in [0.4, 0.5) is 0 Å². The number of benzene rings is 2. The first-order valence-corrected chi connectivity index (χ1v) is 7.95. The molecule has 2 aromatic carbocycles. The minimum Gasteiger partial charge on any atom is -0.497 e. The molecular weight excluding hydrogens is 336 g/mol. The van der Waals surface area contributed by atoms with Gasteiger partial charge in [-0.2, -0.15) is 0 Å². The van der Waals surface area contributed by atoms with Gasteiger partial charge in [-0.25, -0.2) is 0 Å². The Morgan fingerprint density at radius 1 is 0.885 bits per heavy atom. The summed E-state index contributed by atoms with van der Waals surface area (Å²) in [6.45, 7) is 1.76. The van der Waals surface area contributed by atoms with Gasteiger partial charge in [0.25, 0.3) is 0 Å². The van der Waals surface area contributed by atoms with Crippen LogP contribution in [0, 0.1) is 6.92 Å². The highest BCUT2D eigenvalue weighted by Gasteiger charge is 2.23. The maximum atomic E-state index is 13.2. The van der Waals surface area contributed by atoms with E-state index in [1.807, 2.05) is 6.07 Å². The van der Waals surface area contributed by atoms with Gasteiger partial charge in [-0.05, 0) is 31.2 Å². The maximum Gasteiger partial charge on any atom is 0.203 e. The highest BCUT2D eigenvalue weighted by molar-refractivity contribution is 6.17. The molecule has 0 unspecified atom stereocenters. The van der Waals surface area contributed by atoms with Crippen molar-refractivity contribution in [2.24, 2.45) is 0 Å². The molecule has 0 fully saturated rings. The van der Waals surface area contributed by atoms with E-state index >= 15 is 0 Å². The van der Waals surface area contributed by atoms with Gasteiger partial charge in [0.1, 0.15) is 17.1 Å². The molecule has 0 aliphatic heterocycles. The molecule has 1 aromatic heterocycles. The molecule has 6 heteroatoms. The van der Waals surface area contributed by atoms with Gasteiger partial charge in [0.2, 0.25) is 5.75 Å². The summed E-state index contributed by atoms with van der Waals surface area (Å²) in [5.74, 6) is 2.28. The Bertz CT molecular complexity index is 945. The first-order valence-electron chi connectivity index (χ1n) is 7.95. The molecule has 0 atom stereocenters. The zero-order valence-electron chi connectivity index (χ0n) is 15.3. The van der Waals surface area contributed by atoms with Gasteiger partial charge in [0.05, 0.1) is 34.0 Å². The fourth-order valence-electron chi connectivity index (χ4n) is 2.96. The smallest absolute Gasteiger partial charge is 0.203 e. The first-order chi connectivity index (χ1) is 12.5. The highest BCUT2D eigenvalue weighted by Crippen LogP contribution is 2.39. The molecule has 1 heterocycles. The van der Waals surface area contributed by atoms with Crippen molar-refractivity contribution >= 4 is 16.8 Å². The summed E-state index contributed by atoms with van der Waals surface area (Å²) >= 11 is 0. The highest BCUT2D eigenvalue weighted by atomic mass is 16.5. The summed E-state index contributed by atoms with van der Waals surface area (Å²) in [5.41, 5.74) is 1.51. The SMILES string of the molecule is COc1ccc2c(C(=O)c3cc(OC)c(OC)c(OC)c3)c(C)oc2c1. The molecule has 0 spiro atoms. The van der Waals surface area contributed by atoms with Crippen LogP contribution in [0.15, 0.2) is 34.7 Å². The summed E-state index contributed by atoms with van der Waals surface area (Å²) in [6, 6.07) is 8.63. The molecule has 26 heavy (non-hydrogen) atoms. The average Bonchev–Trinajstić information content (AvgIpc) is 3.00. The normalized spacial score (nSPS) is 10.7. The summed E-state index contributed by atoms with van der Waals surface area (Å²) in [7, 11) is 6.12. The number of fused-ring (bicyclic) bond motifs is 1. The minimum absolute atomic E-state index is 0.189. The lowest BCUT2D eigenvalue weighted by Crippen LogP contribution is -2.05. The van der Waals surface area contributed by atoms with Crippen LogP contribution >= 0.6 is 0 Å². The summed E-state index contributed by atoms with van der Waals surface area (Å²) in [5, 5.41) is 0.724. The zero-order chi connectivity index (χ0) is 18.8.